The fraction of sp³-hybridized carbons (Fsp3) is 0.500. The number of nitrogens with two attached hydrogens (primary N) is 1. The summed E-state index contributed by atoms with van der Waals surface area (Å²) in [5.41, 5.74) is 9.45. The zero-order valence-electron chi connectivity index (χ0n) is 8.64. The summed E-state index contributed by atoms with van der Waals surface area (Å²) in [6, 6.07) is 0. The van der Waals surface area contributed by atoms with Crippen molar-refractivity contribution in [1.82, 2.24) is 0 Å². The van der Waals surface area contributed by atoms with Crippen molar-refractivity contribution < 1.29 is 0 Å². The first-order valence-corrected chi connectivity index (χ1v) is 5.02. The van der Waals surface area contributed by atoms with Gasteiger partial charge in [-0.2, -0.15) is 0 Å². The van der Waals surface area contributed by atoms with Gasteiger partial charge in [-0.15, -0.1) is 0 Å². The molecule has 0 amide bonds. The van der Waals surface area contributed by atoms with Gasteiger partial charge in [0.25, 0.3) is 0 Å². The normalized spacial score (nSPS) is 25.5. The molecule has 0 saturated heterocycles. The van der Waals surface area contributed by atoms with Gasteiger partial charge in [-0.1, -0.05) is 12.2 Å². The van der Waals surface area contributed by atoms with E-state index in [0.29, 0.717) is 0 Å². The summed E-state index contributed by atoms with van der Waals surface area (Å²) in [5.74, 6) is 0. The molecule has 0 aliphatic heterocycles. The van der Waals surface area contributed by atoms with Gasteiger partial charge in [0, 0.05) is 5.70 Å². The molecule has 13 heavy (non-hydrogen) atoms. The highest BCUT2D eigenvalue weighted by Gasteiger charge is 2.09. The first-order chi connectivity index (χ1) is 6.24. The molecule has 0 spiro atoms. The lowest BCUT2D eigenvalue weighted by atomic mass is 9.89. The number of rotatable bonds is 1. The third-order valence-corrected chi connectivity index (χ3v) is 2.45. The molecule has 0 heterocycles. The lowest BCUT2D eigenvalue weighted by Crippen LogP contribution is -1.98. The Kier molecular flexibility index (Phi) is 3.81. The minimum absolute atomic E-state index is 0.883. The van der Waals surface area contributed by atoms with Crippen LogP contribution in [0.3, 0.4) is 0 Å². The molecule has 0 aromatic rings. The van der Waals surface area contributed by atoms with Crippen LogP contribution in [0.1, 0.15) is 39.5 Å². The lowest BCUT2D eigenvalue weighted by molar-refractivity contribution is 0.678. The van der Waals surface area contributed by atoms with Gasteiger partial charge in [-0.05, 0) is 56.8 Å². The number of allylic oxidation sites excluding steroid dienone is 6. The SMILES string of the molecule is C/C=C1/CCCC/C1=C/C=C(\C)N. The molecule has 72 valence electrons. The van der Waals surface area contributed by atoms with Crippen LogP contribution in [0.4, 0.5) is 0 Å². The minimum Gasteiger partial charge on any atom is -0.402 e. The van der Waals surface area contributed by atoms with Crippen molar-refractivity contribution >= 4 is 0 Å². The molecule has 1 fully saturated rings. The molecule has 1 aliphatic rings. The van der Waals surface area contributed by atoms with Gasteiger partial charge < -0.3 is 5.73 Å². The Morgan fingerprint density at radius 3 is 2.38 bits per heavy atom. The zero-order chi connectivity index (χ0) is 9.68. The van der Waals surface area contributed by atoms with Gasteiger partial charge in [0.15, 0.2) is 0 Å². The van der Waals surface area contributed by atoms with Crippen LogP contribution in [0, 0.1) is 0 Å². The second-order valence-corrected chi connectivity index (χ2v) is 3.62. The van der Waals surface area contributed by atoms with Gasteiger partial charge in [0.2, 0.25) is 0 Å². The largest absolute Gasteiger partial charge is 0.402 e. The monoisotopic (exact) mass is 177 g/mol. The molecule has 1 rings (SSSR count). The van der Waals surface area contributed by atoms with Crippen LogP contribution in [0.5, 0.6) is 0 Å². The fourth-order valence-corrected chi connectivity index (χ4v) is 1.70. The Hall–Kier alpha value is -0.980. The van der Waals surface area contributed by atoms with Gasteiger partial charge in [0.1, 0.15) is 0 Å². The van der Waals surface area contributed by atoms with E-state index < -0.39 is 0 Å². The summed E-state index contributed by atoms with van der Waals surface area (Å²) in [5, 5.41) is 0. The molecular formula is C12H19N. The molecule has 1 aliphatic carbocycles. The van der Waals surface area contributed by atoms with E-state index in [4.69, 9.17) is 5.73 Å². The van der Waals surface area contributed by atoms with Gasteiger partial charge in [0.05, 0.1) is 0 Å². The van der Waals surface area contributed by atoms with Gasteiger partial charge in [-0.25, -0.2) is 0 Å². The minimum atomic E-state index is 0.883. The van der Waals surface area contributed by atoms with Crippen LogP contribution in [0.15, 0.2) is 35.1 Å². The van der Waals surface area contributed by atoms with E-state index in [1.807, 2.05) is 13.0 Å². The zero-order valence-corrected chi connectivity index (χ0v) is 8.64. The molecule has 1 nitrogen and oxygen atoms in total. The Morgan fingerprint density at radius 1 is 1.23 bits per heavy atom. The standard InChI is InChI=1S/C12H19N/c1-3-11-6-4-5-7-12(11)9-8-10(2)13/h3,8-9H,4-7,13H2,1-2H3/b10-8+,11-3-,12-9-. The molecule has 2 N–H and O–H groups in total. The van der Waals surface area contributed by atoms with Crippen molar-refractivity contribution in [3.8, 4) is 0 Å². The topological polar surface area (TPSA) is 26.0 Å². The fourth-order valence-electron chi connectivity index (χ4n) is 1.70. The highest BCUT2D eigenvalue weighted by molar-refractivity contribution is 5.35. The van der Waals surface area contributed by atoms with E-state index in [9.17, 15) is 0 Å². The Morgan fingerprint density at radius 2 is 1.85 bits per heavy atom. The van der Waals surface area contributed by atoms with E-state index in [1.165, 1.54) is 36.8 Å². The van der Waals surface area contributed by atoms with Crippen molar-refractivity contribution in [1.29, 1.82) is 0 Å². The summed E-state index contributed by atoms with van der Waals surface area (Å²) in [4.78, 5) is 0. The quantitative estimate of drug-likeness (QED) is 0.653. The maximum absolute atomic E-state index is 5.59. The third-order valence-electron chi connectivity index (χ3n) is 2.45. The van der Waals surface area contributed by atoms with Crippen molar-refractivity contribution in [2.75, 3.05) is 0 Å². The number of hydrogen-bond acceptors (Lipinski definition) is 1. The third kappa shape index (κ3) is 3.10. The van der Waals surface area contributed by atoms with Crippen molar-refractivity contribution in [3.63, 3.8) is 0 Å². The summed E-state index contributed by atoms with van der Waals surface area (Å²) in [6.07, 6.45) is 11.5. The van der Waals surface area contributed by atoms with E-state index in [-0.39, 0.29) is 0 Å². The molecule has 0 bridgehead atoms. The summed E-state index contributed by atoms with van der Waals surface area (Å²) in [7, 11) is 0. The van der Waals surface area contributed by atoms with E-state index in [2.05, 4.69) is 19.1 Å². The maximum Gasteiger partial charge on any atom is 0.00489 e. The van der Waals surface area contributed by atoms with Crippen molar-refractivity contribution in [2.45, 2.75) is 39.5 Å². The van der Waals surface area contributed by atoms with Crippen LogP contribution in [0.2, 0.25) is 0 Å². The molecular weight excluding hydrogens is 158 g/mol. The lowest BCUT2D eigenvalue weighted by Gasteiger charge is -2.17. The predicted octanol–water partition coefficient (Wildman–Crippen LogP) is 3.30. The smallest absolute Gasteiger partial charge is 0.00489 e. The second kappa shape index (κ2) is 4.90. The van der Waals surface area contributed by atoms with Crippen LogP contribution in [-0.2, 0) is 0 Å². The predicted molar refractivity (Wildman–Crippen MR) is 58.3 cm³/mol. The van der Waals surface area contributed by atoms with E-state index in [1.54, 1.807) is 0 Å². The van der Waals surface area contributed by atoms with Crippen LogP contribution >= 0.6 is 0 Å². The molecule has 1 saturated carbocycles. The van der Waals surface area contributed by atoms with Gasteiger partial charge in [-0.3, -0.25) is 0 Å². The Balaban J connectivity index is 2.76. The van der Waals surface area contributed by atoms with Crippen LogP contribution in [-0.4, -0.2) is 0 Å². The molecule has 0 radical (unpaired) electrons. The highest BCUT2D eigenvalue weighted by atomic mass is 14.5. The highest BCUT2D eigenvalue weighted by Crippen LogP contribution is 2.28. The Bertz CT molecular complexity index is 252. The van der Waals surface area contributed by atoms with Gasteiger partial charge >= 0.3 is 0 Å². The average molecular weight is 177 g/mol. The van der Waals surface area contributed by atoms with E-state index in [0.717, 1.165) is 5.70 Å². The number of hydrogen-bond donors (Lipinski definition) is 1. The molecule has 0 unspecified atom stereocenters. The Labute approximate surface area is 81.0 Å². The van der Waals surface area contributed by atoms with Crippen molar-refractivity contribution in [2.24, 2.45) is 5.73 Å². The molecule has 0 aromatic carbocycles. The van der Waals surface area contributed by atoms with Crippen molar-refractivity contribution in [3.05, 3.63) is 35.1 Å². The average Bonchev–Trinajstić information content (AvgIpc) is 2.15. The second-order valence-electron chi connectivity index (χ2n) is 3.62. The molecule has 0 atom stereocenters. The molecule has 0 aromatic heterocycles. The summed E-state index contributed by atoms with van der Waals surface area (Å²) >= 11 is 0. The maximum atomic E-state index is 5.59. The van der Waals surface area contributed by atoms with Crippen LogP contribution < -0.4 is 5.73 Å². The summed E-state index contributed by atoms with van der Waals surface area (Å²) < 4.78 is 0. The molecule has 1 heteroatoms. The first kappa shape index (κ1) is 10.1. The van der Waals surface area contributed by atoms with E-state index >= 15 is 0 Å². The first-order valence-electron chi connectivity index (χ1n) is 5.02. The summed E-state index contributed by atoms with van der Waals surface area (Å²) in [6.45, 7) is 4.04. The van der Waals surface area contributed by atoms with Crippen LogP contribution in [0.25, 0.3) is 0 Å².